The van der Waals surface area contributed by atoms with Gasteiger partial charge in [0.1, 0.15) is 0 Å². The Morgan fingerprint density at radius 2 is 0.870 bits per heavy atom. The molecule has 1 amide bonds. The van der Waals surface area contributed by atoms with E-state index in [4.69, 9.17) is 9.97 Å². The molecule has 1 saturated heterocycles. The molecule has 0 radical (unpaired) electrons. The van der Waals surface area contributed by atoms with Crippen molar-refractivity contribution in [3.05, 3.63) is 162 Å². The maximum Gasteiger partial charge on any atom is 0.227 e. The highest BCUT2D eigenvalue weighted by atomic mass is 16.2. The van der Waals surface area contributed by atoms with E-state index in [1.807, 2.05) is 29.2 Å². The van der Waals surface area contributed by atoms with Crippen molar-refractivity contribution in [2.75, 3.05) is 11.4 Å². The van der Waals surface area contributed by atoms with Gasteiger partial charge in [0.15, 0.2) is 0 Å². The summed E-state index contributed by atoms with van der Waals surface area (Å²) in [6.45, 7) is 0.653. The zero-order valence-corrected chi connectivity index (χ0v) is 29.5. The Labute approximate surface area is 312 Å². The smallest absolute Gasteiger partial charge is 0.227 e. The van der Waals surface area contributed by atoms with E-state index in [1.54, 1.807) is 0 Å². The molecular weight excluding hydrogens is 663 g/mol. The fourth-order valence-corrected chi connectivity index (χ4v) is 8.02. The Kier molecular flexibility index (Phi) is 7.73. The lowest BCUT2D eigenvalue weighted by Gasteiger charge is -2.15. The van der Waals surface area contributed by atoms with Crippen molar-refractivity contribution >= 4 is 58.0 Å². The molecule has 6 heterocycles. The number of carbonyl (C=O) groups excluding carboxylic acids is 1. The number of hydrogen-bond donors (Lipinski definition) is 2. The van der Waals surface area contributed by atoms with Crippen LogP contribution < -0.4 is 4.90 Å². The molecule has 1 fully saturated rings. The summed E-state index contributed by atoms with van der Waals surface area (Å²) in [4.78, 5) is 34.0. The van der Waals surface area contributed by atoms with Gasteiger partial charge in [0.25, 0.3) is 0 Å². The normalized spacial score (nSPS) is 13.6. The lowest BCUT2D eigenvalue weighted by atomic mass is 10.0. The Balaban J connectivity index is 1.44. The molecule has 3 aliphatic heterocycles. The van der Waals surface area contributed by atoms with Gasteiger partial charge in [0, 0.05) is 46.3 Å². The zero-order valence-electron chi connectivity index (χ0n) is 29.5. The molecule has 258 valence electrons. The van der Waals surface area contributed by atoms with Crippen LogP contribution in [0.2, 0.25) is 0 Å². The molecule has 0 atom stereocenters. The fraction of sp³-hybridized carbons (Fsp3) is 0.0625. The molecule has 10 rings (SSSR count). The fourth-order valence-electron chi connectivity index (χ4n) is 8.02. The summed E-state index contributed by atoms with van der Waals surface area (Å²) in [6, 6.07) is 48.0. The first kappa shape index (κ1) is 31.7. The van der Waals surface area contributed by atoms with Crippen molar-refractivity contribution in [1.29, 1.82) is 0 Å². The van der Waals surface area contributed by atoms with Gasteiger partial charge in [0.2, 0.25) is 5.91 Å². The molecule has 0 saturated carbocycles. The minimum Gasteiger partial charge on any atom is -0.354 e. The van der Waals surface area contributed by atoms with Crippen molar-refractivity contribution in [3.8, 4) is 44.5 Å². The number of nitrogens with one attached hydrogen (secondary N) is 2. The minimum atomic E-state index is 0.121. The number of rotatable bonds is 5. The number of H-pyrrole nitrogens is 2. The average molecular weight is 698 g/mol. The van der Waals surface area contributed by atoms with E-state index < -0.39 is 0 Å². The summed E-state index contributed by atoms with van der Waals surface area (Å²) in [5.41, 5.74) is 15.9. The first-order chi connectivity index (χ1) is 26.7. The second-order valence-corrected chi connectivity index (χ2v) is 13.8. The number of amides is 1. The van der Waals surface area contributed by atoms with Crippen LogP contribution in [0.1, 0.15) is 35.6 Å². The molecule has 2 N–H and O–H groups in total. The van der Waals surface area contributed by atoms with E-state index >= 15 is 0 Å². The van der Waals surface area contributed by atoms with Gasteiger partial charge in [-0.25, -0.2) is 9.97 Å². The third kappa shape index (κ3) is 5.47. The molecule has 54 heavy (non-hydrogen) atoms. The first-order valence-electron chi connectivity index (χ1n) is 18.4. The Hall–Kier alpha value is -7.05. The number of aromatic amines is 2. The van der Waals surface area contributed by atoms with Crippen molar-refractivity contribution in [2.45, 2.75) is 12.8 Å². The number of fused-ring (bicyclic) bond motifs is 8. The maximum atomic E-state index is 13.6. The molecule has 8 bridgehead atoms. The molecule has 0 aliphatic carbocycles. The van der Waals surface area contributed by atoms with Crippen molar-refractivity contribution < 1.29 is 4.79 Å². The largest absolute Gasteiger partial charge is 0.354 e. The van der Waals surface area contributed by atoms with Crippen LogP contribution in [0.15, 0.2) is 140 Å². The number of nitrogens with zero attached hydrogens (tertiary/aromatic N) is 3. The number of aromatic nitrogens is 4. The Morgan fingerprint density at radius 3 is 1.30 bits per heavy atom. The van der Waals surface area contributed by atoms with Crippen LogP contribution in [0, 0.1) is 0 Å². The summed E-state index contributed by atoms with van der Waals surface area (Å²) in [5.74, 6) is 0.121. The standard InChI is InChI=1S/C48H35N5O/c54-43-22-13-29-53(43)42-30-41-46(33-18-9-3-10-19-33)39-26-25-37(50-39)44(31-14-5-1-6-15-31)35-23-24-36(49-35)45(32-16-7-2-8-17-32)38-27-28-40(51-38)47(48(42)52-41)34-20-11-4-12-21-34/h1-12,14-21,23-28,30,49,52H,13,22,29H2. The van der Waals surface area contributed by atoms with Crippen molar-refractivity contribution in [1.82, 2.24) is 19.9 Å². The van der Waals surface area contributed by atoms with Gasteiger partial charge >= 0.3 is 0 Å². The Morgan fingerprint density at radius 1 is 0.463 bits per heavy atom. The van der Waals surface area contributed by atoms with Gasteiger partial charge in [0.05, 0.1) is 39.5 Å². The average Bonchev–Trinajstić information content (AvgIpc) is 4.08. The van der Waals surface area contributed by atoms with Gasteiger partial charge in [-0.1, -0.05) is 121 Å². The van der Waals surface area contributed by atoms with Crippen LogP contribution in [0.5, 0.6) is 0 Å². The lowest BCUT2D eigenvalue weighted by molar-refractivity contribution is -0.117. The van der Waals surface area contributed by atoms with E-state index in [9.17, 15) is 4.79 Å². The molecule has 6 heteroatoms. The summed E-state index contributed by atoms with van der Waals surface area (Å²) in [5, 5.41) is 0. The highest BCUT2D eigenvalue weighted by Gasteiger charge is 2.27. The van der Waals surface area contributed by atoms with Crippen LogP contribution >= 0.6 is 0 Å². The molecule has 3 aliphatic rings. The molecule has 0 spiro atoms. The van der Waals surface area contributed by atoms with Crippen LogP contribution in [0.25, 0.3) is 90.9 Å². The van der Waals surface area contributed by atoms with Crippen LogP contribution in [-0.2, 0) is 4.79 Å². The molecule has 4 aromatic carbocycles. The second kappa shape index (κ2) is 13.2. The first-order valence-corrected chi connectivity index (χ1v) is 18.4. The summed E-state index contributed by atoms with van der Waals surface area (Å²) < 4.78 is 0. The predicted molar refractivity (Wildman–Crippen MR) is 222 cm³/mol. The molecule has 3 aromatic heterocycles. The number of anilines is 1. The Bertz CT molecular complexity index is 2800. The third-order valence-electron chi connectivity index (χ3n) is 10.5. The highest BCUT2D eigenvalue weighted by molar-refractivity contribution is 6.08. The summed E-state index contributed by atoms with van der Waals surface area (Å²) in [7, 11) is 0. The number of benzene rings is 4. The van der Waals surface area contributed by atoms with Crippen LogP contribution in [0.3, 0.4) is 0 Å². The summed E-state index contributed by atoms with van der Waals surface area (Å²) in [6.07, 6.45) is 9.77. The molecular formula is C48H35N5O. The maximum absolute atomic E-state index is 13.6. The SMILES string of the molecule is O=C1CCCN1c1cc2[nH]c1c(-c1ccccc1)c1nc(c(-c3ccccc3)c3ccc([nH]3)c(-c3ccccc3)c3nc(c2-c2ccccc2)C=C3)C=C1. The van der Waals surface area contributed by atoms with E-state index in [2.05, 4.69) is 150 Å². The topological polar surface area (TPSA) is 77.7 Å². The minimum absolute atomic E-state index is 0.121. The predicted octanol–water partition coefficient (Wildman–Crippen LogP) is 11.5. The lowest BCUT2D eigenvalue weighted by Crippen LogP contribution is -2.23. The van der Waals surface area contributed by atoms with Gasteiger partial charge in [-0.2, -0.15) is 0 Å². The molecule has 7 aromatic rings. The van der Waals surface area contributed by atoms with E-state index in [0.29, 0.717) is 13.0 Å². The quantitative estimate of drug-likeness (QED) is 0.188. The van der Waals surface area contributed by atoms with Gasteiger partial charge in [-0.15, -0.1) is 0 Å². The van der Waals surface area contributed by atoms with Crippen molar-refractivity contribution in [2.24, 2.45) is 0 Å². The third-order valence-corrected chi connectivity index (χ3v) is 10.5. The highest BCUT2D eigenvalue weighted by Crippen LogP contribution is 2.42. The van der Waals surface area contributed by atoms with Crippen molar-refractivity contribution in [3.63, 3.8) is 0 Å². The van der Waals surface area contributed by atoms with Gasteiger partial charge in [-0.3, -0.25) is 4.79 Å². The second-order valence-electron chi connectivity index (χ2n) is 13.8. The van der Waals surface area contributed by atoms with Crippen LogP contribution in [0.4, 0.5) is 5.69 Å². The van der Waals surface area contributed by atoms with Gasteiger partial charge in [-0.05, 0) is 71.2 Å². The van der Waals surface area contributed by atoms with Gasteiger partial charge < -0.3 is 14.9 Å². The van der Waals surface area contributed by atoms with E-state index in [1.165, 1.54) is 0 Å². The molecule has 0 unspecified atom stereocenters. The number of carbonyl (C=O) groups is 1. The number of hydrogen-bond acceptors (Lipinski definition) is 3. The zero-order chi connectivity index (χ0) is 36.0. The summed E-state index contributed by atoms with van der Waals surface area (Å²) >= 11 is 0. The monoisotopic (exact) mass is 697 g/mol. The molecule has 6 nitrogen and oxygen atoms in total. The van der Waals surface area contributed by atoms with E-state index in [0.717, 1.165) is 101 Å². The van der Waals surface area contributed by atoms with E-state index in [-0.39, 0.29) is 5.91 Å². The van der Waals surface area contributed by atoms with Crippen LogP contribution in [-0.4, -0.2) is 32.4 Å².